The number of rotatable bonds is 5. The Morgan fingerprint density at radius 3 is 2.20 bits per heavy atom. The standard InChI is InChI=1S/C17H18ClNO4S2/c18-13-5-3-10-17(11-13)25(22,23)19-14-6-4-9-16(12-14)24(20,21)15-7-1-2-8-15/h3-6,9-12,15,19H,1-2,7-8H2. The van der Waals surface area contributed by atoms with E-state index in [1.54, 1.807) is 6.07 Å². The molecule has 0 saturated heterocycles. The first-order valence-corrected chi connectivity index (χ1v) is 11.3. The van der Waals surface area contributed by atoms with Gasteiger partial charge < -0.3 is 0 Å². The summed E-state index contributed by atoms with van der Waals surface area (Å²) in [5, 5.41) is -0.0762. The van der Waals surface area contributed by atoms with Gasteiger partial charge in [0, 0.05) is 5.02 Å². The Balaban J connectivity index is 1.89. The zero-order chi connectivity index (χ0) is 18.1. The van der Waals surface area contributed by atoms with Gasteiger partial charge in [0.1, 0.15) is 0 Å². The molecule has 0 heterocycles. The van der Waals surface area contributed by atoms with Crippen molar-refractivity contribution in [2.24, 2.45) is 0 Å². The van der Waals surface area contributed by atoms with Crippen LogP contribution in [0.5, 0.6) is 0 Å². The van der Waals surface area contributed by atoms with Crippen LogP contribution in [-0.4, -0.2) is 22.1 Å². The van der Waals surface area contributed by atoms with Gasteiger partial charge >= 0.3 is 0 Å². The van der Waals surface area contributed by atoms with E-state index in [1.165, 1.54) is 42.5 Å². The molecule has 134 valence electrons. The van der Waals surface area contributed by atoms with Crippen molar-refractivity contribution in [1.82, 2.24) is 0 Å². The fourth-order valence-corrected chi connectivity index (χ4v) is 6.22. The molecule has 0 amide bonds. The second-order valence-corrected chi connectivity index (χ2v) is 10.4. The minimum Gasteiger partial charge on any atom is -0.280 e. The summed E-state index contributed by atoms with van der Waals surface area (Å²) in [6.45, 7) is 0. The molecule has 1 fully saturated rings. The molecule has 1 saturated carbocycles. The van der Waals surface area contributed by atoms with E-state index in [0.29, 0.717) is 17.9 Å². The highest BCUT2D eigenvalue weighted by Crippen LogP contribution is 2.31. The first-order chi connectivity index (χ1) is 11.8. The van der Waals surface area contributed by atoms with Crippen LogP contribution in [0.1, 0.15) is 25.7 Å². The summed E-state index contributed by atoms with van der Waals surface area (Å²) >= 11 is 5.84. The van der Waals surface area contributed by atoms with Crippen LogP contribution in [0.3, 0.4) is 0 Å². The third-order valence-corrected chi connectivity index (χ3v) is 8.14. The number of anilines is 1. The molecule has 1 N–H and O–H groups in total. The Morgan fingerprint density at radius 1 is 0.880 bits per heavy atom. The number of hydrogen-bond donors (Lipinski definition) is 1. The molecule has 2 aromatic carbocycles. The molecule has 0 aliphatic heterocycles. The highest BCUT2D eigenvalue weighted by molar-refractivity contribution is 7.93. The van der Waals surface area contributed by atoms with Crippen molar-refractivity contribution >= 4 is 37.1 Å². The van der Waals surface area contributed by atoms with E-state index in [2.05, 4.69) is 4.72 Å². The first-order valence-electron chi connectivity index (χ1n) is 7.91. The smallest absolute Gasteiger partial charge is 0.261 e. The average molecular weight is 400 g/mol. The molecule has 2 aromatic rings. The van der Waals surface area contributed by atoms with Gasteiger partial charge in [-0.25, -0.2) is 16.8 Å². The Bertz CT molecular complexity index is 981. The van der Waals surface area contributed by atoms with Gasteiger partial charge in [0.2, 0.25) is 0 Å². The van der Waals surface area contributed by atoms with Crippen LogP contribution in [-0.2, 0) is 19.9 Å². The Morgan fingerprint density at radius 2 is 1.52 bits per heavy atom. The highest BCUT2D eigenvalue weighted by Gasteiger charge is 2.30. The van der Waals surface area contributed by atoms with Crippen LogP contribution in [0, 0.1) is 0 Å². The van der Waals surface area contributed by atoms with E-state index in [1.807, 2.05) is 0 Å². The molecule has 0 atom stereocenters. The van der Waals surface area contributed by atoms with E-state index >= 15 is 0 Å². The topological polar surface area (TPSA) is 80.3 Å². The van der Waals surface area contributed by atoms with Crippen molar-refractivity contribution in [3.63, 3.8) is 0 Å². The quantitative estimate of drug-likeness (QED) is 0.827. The van der Waals surface area contributed by atoms with E-state index < -0.39 is 19.9 Å². The summed E-state index contributed by atoms with van der Waals surface area (Å²) in [6.07, 6.45) is 3.12. The van der Waals surface area contributed by atoms with Gasteiger partial charge in [-0.2, -0.15) is 0 Å². The summed E-state index contributed by atoms with van der Waals surface area (Å²) < 4.78 is 52.7. The second-order valence-electron chi connectivity index (χ2n) is 6.04. The lowest BCUT2D eigenvalue weighted by Gasteiger charge is -2.13. The number of nitrogens with one attached hydrogen (secondary N) is 1. The molecule has 5 nitrogen and oxygen atoms in total. The van der Waals surface area contributed by atoms with Crippen LogP contribution in [0.15, 0.2) is 58.3 Å². The maximum absolute atomic E-state index is 12.7. The maximum atomic E-state index is 12.7. The lowest BCUT2D eigenvalue weighted by Crippen LogP contribution is -2.18. The fraction of sp³-hybridized carbons (Fsp3) is 0.294. The molecule has 8 heteroatoms. The largest absolute Gasteiger partial charge is 0.280 e. The van der Waals surface area contributed by atoms with Crippen molar-refractivity contribution in [2.45, 2.75) is 40.7 Å². The van der Waals surface area contributed by atoms with E-state index in [9.17, 15) is 16.8 Å². The monoisotopic (exact) mass is 399 g/mol. The van der Waals surface area contributed by atoms with Crippen LogP contribution in [0.2, 0.25) is 5.02 Å². The number of sulfonamides is 1. The molecule has 25 heavy (non-hydrogen) atoms. The molecule has 1 aliphatic carbocycles. The van der Waals surface area contributed by atoms with Gasteiger partial charge in [0.25, 0.3) is 10.0 Å². The van der Waals surface area contributed by atoms with Gasteiger partial charge in [0.15, 0.2) is 9.84 Å². The first kappa shape index (κ1) is 18.2. The van der Waals surface area contributed by atoms with Crippen LogP contribution >= 0.6 is 11.6 Å². The molecule has 0 radical (unpaired) electrons. The van der Waals surface area contributed by atoms with Crippen molar-refractivity contribution < 1.29 is 16.8 Å². The molecule has 0 bridgehead atoms. The Labute approximate surface area is 153 Å². The van der Waals surface area contributed by atoms with Crippen molar-refractivity contribution in [1.29, 1.82) is 0 Å². The van der Waals surface area contributed by atoms with E-state index in [-0.39, 0.29) is 20.7 Å². The number of sulfone groups is 1. The number of benzene rings is 2. The third kappa shape index (κ3) is 3.99. The third-order valence-electron chi connectivity index (χ3n) is 4.26. The summed E-state index contributed by atoms with van der Waals surface area (Å²) in [7, 11) is -7.29. The summed E-state index contributed by atoms with van der Waals surface area (Å²) in [5.41, 5.74) is 0.207. The molecule has 0 unspecified atom stereocenters. The Kier molecular flexibility index (Phi) is 5.09. The minimum atomic E-state index is -3.85. The average Bonchev–Trinajstić information content (AvgIpc) is 3.10. The van der Waals surface area contributed by atoms with Crippen LogP contribution in [0.4, 0.5) is 5.69 Å². The zero-order valence-corrected chi connectivity index (χ0v) is 15.7. The van der Waals surface area contributed by atoms with Gasteiger partial charge in [0.05, 0.1) is 20.7 Å². The van der Waals surface area contributed by atoms with Crippen LogP contribution in [0.25, 0.3) is 0 Å². The van der Waals surface area contributed by atoms with E-state index in [4.69, 9.17) is 11.6 Å². The molecule has 3 rings (SSSR count). The predicted molar refractivity (Wildman–Crippen MR) is 98.1 cm³/mol. The number of halogens is 1. The summed E-state index contributed by atoms with van der Waals surface area (Å²) in [5.74, 6) is 0. The molecular weight excluding hydrogens is 382 g/mol. The molecule has 0 spiro atoms. The van der Waals surface area contributed by atoms with Crippen molar-refractivity contribution in [2.75, 3.05) is 4.72 Å². The van der Waals surface area contributed by atoms with Gasteiger partial charge in [-0.05, 0) is 49.2 Å². The van der Waals surface area contributed by atoms with Gasteiger partial charge in [-0.15, -0.1) is 0 Å². The molecule has 0 aromatic heterocycles. The van der Waals surface area contributed by atoms with Crippen molar-refractivity contribution in [3.8, 4) is 0 Å². The normalized spacial score (nSPS) is 16.0. The minimum absolute atomic E-state index is 0.0176. The van der Waals surface area contributed by atoms with Gasteiger partial charge in [-0.3, -0.25) is 4.72 Å². The molecular formula is C17H18ClNO4S2. The van der Waals surface area contributed by atoms with E-state index in [0.717, 1.165) is 12.8 Å². The maximum Gasteiger partial charge on any atom is 0.261 e. The lowest BCUT2D eigenvalue weighted by atomic mass is 10.3. The van der Waals surface area contributed by atoms with Crippen LogP contribution < -0.4 is 4.72 Å². The lowest BCUT2D eigenvalue weighted by molar-refractivity contribution is 0.579. The summed E-state index contributed by atoms with van der Waals surface area (Å²) in [6, 6.07) is 11.8. The SMILES string of the molecule is O=S(=O)(Nc1cccc(S(=O)(=O)C2CCCC2)c1)c1cccc(Cl)c1. The fourth-order valence-electron chi connectivity index (χ4n) is 2.98. The van der Waals surface area contributed by atoms with Gasteiger partial charge in [-0.1, -0.05) is 36.6 Å². The predicted octanol–water partition coefficient (Wildman–Crippen LogP) is 3.86. The zero-order valence-electron chi connectivity index (χ0n) is 13.4. The highest BCUT2D eigenvalue weighted by atomic mass is 35.5. The molecule has 1 aliphatic rings. The Hall–Kier alpha value is -1.57. The second kappa shape index (κ2) is 6.97. The van der Waals surface area contributed by atoms with Crippen molar-refractivity contribution in [3.05, 3.63) is 53.6 Å². The summed E-state index contributed by atoms with van der Waals surface area (Å²) in [4.78, 5) is 0.162. The number of hydrogen-bond acceptors (Lipinski definition) is 4.